The van der Waals surface area contributed by atoms with Crippen molar-refractivity contribution in [1.29, 1.82) is 0 Å². The van der Waals surface area contributed by atoms with Crippen molar-refractivity contribution in [2.24, 2.45) is 0 Å². The smallest absolute Gasteiger partial charge is 0.0406 e. The van der Waals surface area contributed by atoms with Crippen molar-refractivity contribution in [2.45, 2.75) is 31.7 Å². The second kappa shape index (κ2) is 6.95. The molecule has 1 aliphatic rings. The monoisotopic (exact) mass is 363 g/mol. The fourth-order valence-corrected chi connectivity index (χ4v) is 3.50. The summed E-state index contributed by atoms with van der Waals surface area (Å²) in [6, 6.07) is 15.4. The van der Waals surface area contributed by atoms with E-state index in [0.29, 0.717) is 6.04 Å². The van der Waals surface area contributed by atoms with Crippen molar-refractivity contribution < 1.29 is 0 Å². The standard InChI is InChI=1S/C18H19BrClN/c19-16-5-3-15-12-18(8-4-14(15)11-16)21-10-9-13-1-6-17(20)7-2-13/h1-3,5-7,11,18,21H,4,8-10,12H2. The van der Waals surface area contributed by atoms with Crippen molar-refractivity contribution in [3.05, 3.63) is 68.7 Å². The zero-order valence-corrected chi connectivity index (χ0v) is 14.3. The van der Waals surface area contributed by atoms with E-state index in [1.54, 1.807) is 0 Å². The molecule has 1 aliphatic carbocycles. The van der Waals surface area contributed by atoms with Gasteiger partial charge >= 0.3 is 0 Å². The maximum absolute atomic E-state index is 5.91. The molecule has 2 aromatic rings. The highest BCUT2D eigenvalue weighted by Crippen LogP contribution is 2.24. The maximum atomic E-state index is 5.91. The van der Waals surface area contributed by atoms with Gasteiger partial charge in [-0.05, 0) is 73.2 Å². The van der Waals surface area contributed by atoms with E-state index in [0.717, 1.165) is 24.4 Å². The van der Waals surface area contributed by atoms with Crippen LogP contribution < -0.4 is 5.32 Å². The van der Waals surface area contributed by atoms with Gasteiger partial charge in [0.2, 0.25) is 0 Å². The van der Waals surface area contributed by atoms with Crippen LogP contribution in [0, 0.1) is 0 Å². The van der Waals surface area contributed by atoms with E-state index in [9.17, 15) is 0 Å². The Hall–Kier alpha value is -0.830. The minimum absolute atomic E-state index is 0.603. The Morgan fingerprint density at radius 3 is 2.71 bits per heavy atom. The van der Waals surface area contributed by atoms with Crippen LogP contribution in [0.1, 0.15) is 23.1 Å². The van der Waals surface area contributed by atoms with Gasteiger partial charge in [0.15, 0.2) is 0 Å². The van der Waals surface area contributed by atoms with Gasteiger partial charge in [0.1, 0.15) is 0 Å². The van der Waals surface area contributed by atoms with E-state index >= 15 is 0 Å². The molecule has 0 saturated heterocycles. The minimum atomic E-state index is 0.603. The van der Waals surface area contributed by atoms with Crippen molar-refractivity contribution in [3.63, 3.8) is 0 Å². The lowest BCUT2D eigenvalue weighted by Gasteiger charge is -2.26. The number of aryl methyl sites for hydroxylation is 1. The van der Waals surface area contributed by atoms with E-state index in [-0.39, 0.29) is 0 Å². The first-order valence-electron chi connectivity index (χ1n) is 7.46. The predicted molar refractivity (Wildman–Crippen MR) is 93.1 cm³/mol. The highest BCUT2D eigenvalue weighted by atomic mass is 79.9. The third kappa shape index (κ3) is 4.09. The van der Waals surface area contributed by atoms with Crippen LogP contribution >= 0.6 is 27.5 Å². The summed E-state index contributed by atoms with van der Waals surface area (Å²) in [5, 5.41) is 4.50. The Kier molecular flexibility index (Phi) is 4.99. The zero-order chi connectivity index (χ0) is 14.7. The van der Waals surface area contributed by atoms with Gasteiger partial charge in [-0.25, -0.2) is 0 Å². The minimum Gasteiger partial charge on any atom is -0.313 e. The summed E-state index contributed by atoms with van der Waals surface area (Å²) < 4.78 is 1.19. The summed E-state index contributed by atoms with van der Waals surface area (Å²) in [5.74, 6) is 0. The van der Waals surface area contributed by atoms with Crippen LogP contribution in [0.5, 0.6) is 0 Å². The normalized spacial score (nSPS) is 17.5. The van der Waals surface area contributed by atoms with Crippen molar-refractivity contribution >= 4 is 27.5 Å². The molecular weight excluding hydrogens is 346 g/mol. The van der Waals surface area contributed by atoms with E-state index in [2.05, 4.69) is 51.6 Å². The molecule has 3 heteroatoms. The quantitative estimate of drug-likeness (QED) is 0.822. The van der Waals surface area contributed by atoms with Crippen LogP contribution in [0.3, 0.4) is 0 Å². The van der Waals surface area contributed by atoms with Gasteiger partial charge in [-0.3, -0.25) is 0 Å². The second-order valence-corrected chi connectivity index (χ2v) is 7.04. The van der Waals surface area contributed by atoms with E-state index < -0.39 is 0 Å². The first-order valence-corrected chi connectivity index (χ1v) is 8.63. The van der Waals surface area contributed by atoms with Gasteiger partial charge < -0.3 is 5.32 Å². The summed E-state index contributed by atoms with van der Waals surface area (Å²) in [5.41, 5.74) is 4.33. The van der Waals surface area contributed by atoms with Gasteiger partial charge in [0.05, 0.1) is 0 Å². The highest BCUT2D eigenvalue weighted by molar-refractivity contribution is 9.10. The van der Waals surface area contributed by atoms with E-state index in [1.807, 2.05) is 12.1 Å². The van der Waals surface area contributed by atoms with Crippen LogP contribution in [0.2, 0.25) is 5.02 Å². The van der Waals surface area contributed by atoms with Crippen LogP contribution in [-0.4, -0.2) is 12.6 Å². The molecule has 0 aliphatic heterocycles. The van der Waals surface area contributed by atoms with Gasteiger partial charge in [0, 0.05) is 15.5 Å². The van der Waals surface area contributed by atoms with Gasteiger partial charge in [0.25, 0.3) is 0 Å². The molecule has 0 fully saturated rings. The van der Waals surface area contributed by atoms with Crippen molar-refractivity contribution in [1.82, 2.24) is 5.32 Å². The first kappa shape index (κ1) is 15.1. The zero-order valence-electron chi connectivity index (χ0n) is 11.9. The first-order chi connectivity index (χ1) is 10.2. The molecule has 0 amide bonds. The molecule has 3 rings (SSSR count). The third-order valence-electron chi connectivity index (χ3n) is 4.16. The molecule has 0 bridgehead atoms. The summed E-state index contributed by atoms with van der Waals surface area (Å²) in [7, 11) is 0. The number of nitrogens with one attached hydrogen (secondary N) is 1. The van der Waals surface area contributed by atoms with Crippen LogP contribution in [0.25, 0.3) is 0 Å². The third-order valence-corrected chi connectivity index (χ3v) is 4.90. The molecule has 0 saturated carbocycles. The van der Waals surface area contributed by atoms with Crippen molar-refractivity contribution in [3.8, 4) is 0 Å². The average Bonchev–Trinajstić information content (AvgIpc) is 2.49. The Morgan fingerprint density at radius 1 is 1.10 bits per heavy atom. The fraction of sp³-hybridized carbons (Fsp3) is 0.333. The molecular formula is C18H19BrClN. The number of halogens is 2. The average molecular weight is 365 g/mol. The SMILES string of the molecule is Clc1ccc(CCNC2CCc3cc(Br)ccc3C2)cc1. The molecule has 21 heavy (non-hydrogen) atoms. The summed E-state index contributed by atoms with van der Waals surface area (Å²) >= 11 is 9.46. The number of fused-ring (bicyclic) bond motifs is 1. The number of benzene rings is 2. The maximum Gasteiger partial charge on any atom is 0.0406 e. The van der Waals surface area contributed by atoms with Crippen LogP contribution in [-0.2, 0) is 19.3 Å². The lowest BCUT2D eigenvalue weighted by molar-refractivity contribution is 0.461. The predicted octanol–water partition coefficient (Wildman–Crippen LogP) is 4.79. The molecule has 0 radical (unpaired) electrons. The van der Waals surface area contributed by atoms with E-state index in [1.165, 1.54) is 34.0 Å². The molecule has 2 aromatic carbocycles. The summed E-state index contributed by atoms with van der Waals surface area (Å²) in [6.45, 7) is 1.03. The molecule has 1 atom stereocenters. The van der Waals surface area contributed by atoms with Crippen LogP contribution in [0.4, 0.5) is 0 Å². The molecule has 110 valence electrons. The van der Waals surface area contributed by atoms with Gasteiger partial charge in [-0.1, -0.05) is 45.7 Å². The van der Waals surface area contributed by atoms with Gasteiger partial charge in [-0.2, -0.15) is 0 Å². The Bertz CT molecular complexity index is 609. The number of hydrogen-bond acceptors (Lipinski definition) is 1. The topological polar surface area (TPSA) is 12.0 Å². The highest BCUT2D eigenvalue weighted by Gasteiger charge is 2.17. The number of hydrogen-bond donors (Lipinski definition) is 1. The molecule has 0 aromatic heterocycles. The molecule has 1 N–H and O–H groups in total. The Balaban J connectivity index is 1.51. The fourth-order valence-electron chi connectivity index (χ4n) is 2.97. The molecule has 0 heterocycles. The lowest BCUT2D eigenvalue weighted by atomic mass is 9.88. The van der Waals surface area contributed by atoms with Crippen LogP contribution in [0.15, 0.2) is 46.9 Å². The second-order valence-electron chi connectivity index (χ2n) is 5.68. The molecule has 0 spiro atoms. The Labute approximate surface area is 139 Å². The lowest BCUT2D eigenvalue weighted by Crippen LogP contribution is -2.35. The van der Waals surface area contributed by atoms with E-state index in [4.69, 9.17) is 11.6 Å². The molecule has 1 unspecified atom stereocenters. The summed E-state index contributed by atoms with van der Waals surface area (Å²) in [4.78, 5) is 0. The molecule has 1 nitrogen and oxygen atoms in total. The largest absolute Gasteiger partial charge is 0.313 e. The van der Waals surface area contributed by atoms with Gasteiger partial charge in [-0.15, -0.1) is 0 Å². The summed E-state index contributed by atoms with van der Waals surface area (Å²) in [6.07, 6.45) is 4.60. The van der Waals surface area contributed by atoms with Crippen molar-refractivity contribution in [2.75, 3.05) is 6.54 Å². The Morgan fingerprint density at radius 2 is 1.90 bits per heavy atom. The number of rotatable bonds is 4.